The van der Waals surface area contributed by atoms with Crippen LogP contribution in [-0.2, 0) is 17.1 Å². The number of nitrogens with one attached hydrogen (secondary N) is 1. The molecule has 12 heteroatoms. The van der Waals surface area contributed by atoms with Crippen molar-refractivity contribution >= 4 is 26.9 Å². The van der Waals surface area contributed by atoms with Crippen LogP contribution < -0.4 is 15.6 Å². The Hall–Kier alpha value is -4.58. The van der Waals surface area contributed by atoms with Crippen molar-refractivity contribution in [1.29, 1.82) is 0 Å². The van der Waals surface area contributed by atoms with E-state index in [1.165, 1.54) is 17.0 Å². The highest BCUT2D eigenvalue weighted by Crippen LogP contribution is 2.28. The zero-order valence-corrected chi connectivity index (χ0v) is 22.0. The number of benzene rings is 1. The molecule has 0 aliphatic heterocycles. The third-order valence-corrected chi connectivity index (χ3v) is 6.57. The predicted octanol–water partition coefficient (Wildman–Crippen LogP) is 3.67. The number of nitrogens with zero attached hydrogens (tertiary/aromatic N) is 6. The van der Waals surface area contributed by atoms with Crippen LogP contribution in [0.2, 0.25) is 0 Å². The lowest BCUT2D eigenvalue weighted by Crippen LogP contribution is -2.25. The summed E-state index contributed by atoms with van der Waals surface area (Å²) in [6, 6.07) is 12.7. The van der Waals surface area contributed by atoms with Gasteiger partial charge in [-0.3, -0.25) is 14.3 Å². The second-order valence-electron chi connectivity index (χ2n) is 9.05. The fourth-order valence-corrected chi connectivity index (χ4v) is 4.34. The van der Waals surface area contributed by atoms with E-state index in [0.29, 0.717) is 45.5 Å². The van der Waals surface area contributed by atoms with Gasteiger partial charge < -0.3 is 10.1 Å². The Labute approximate surface area is 218 Å². The molecule has 38 heavy (non-hydrogen) atoms. The van der Waals surface area contributed by atoms with Gasteiger partial charge in [0, 0.05) is 42.5 Å². The van der Waals surface area contributed by atoms with Gasteiger partial charge in [0.05, 0.1) is 41.1 Å². The maximum atomic E-state index is 12.9. The van der Waals surface area contributed by atoms with Gasteiger partial charge in [0.15, 0.2) is 0 Å². The summed E-state index contributed by atoms with van der Waals surface area (Å²) >= 11 is 0. The first-order chi connectivity index (χ1) is 18.1. The van der Waals surface area contributed by atoms with Gasteiger partial charge in [0.25, 0.3) is 15.6 Å². The Morgan fingerprint density at radius 1 is 0.974 bits per heavy atom. The minimum atomic E-state index is -3.49. The summed E-state index contributed by atoms with van der Waals surface area (Å²) in [5, 5.41) is 7.86. The second-order valence-corrected chi connectivity index (χ2v) is 10.9. The zero-order valence-electron chi connectivity index (χ0n) is 21.2. The molecule has 4 heterocycles. The largest absolute Gasteiger partial charge is 0.457 e. The quantitative estimate of drug-likeness (QED) is 0.334. The molecule has 11 nitrogen and oxygen atoms in total. The topological polar surface area (TPSA) is 134 Å². The van der Waals surface area contributed by atoms with E-state index in [1.807, 2.05) is 32.0 Å². The summed E-state index contributed by atoms with van der Waals surface area (Å²) in [6.45, 7) is 3.96. The summed E-state index contributed by atoms with van der Waals surface area (Å²) < 4.78 is 31.8. The number of fused-ring (bicyclic) bond motifs is 1. The van der Waals surface area contributed by atoms with Gasteiger partial charge in [-0.25, -0.2) is 18.4 Å². The highest BCUT2D eigenvalue weighted by atomic mass is 32.2. The smallest absolute Gasteiger partial charge is 0.264 e. The molecule has 0 radical (unpaired) electrons. The van der Waals surface area contributed by atoms with Gasteiger partial charge in [-0.2, -0.15) is 9.19 Å². The van der Waals surface area contributed by atoms with Crippen LogP contribution in [0.3, 0.4) is 0 Å². The first-order valence-corrected chi connectivity index (χ1v) is 13.6. The average Bonchev–Trinajstić information content (AvgIpc) is 3.38. The first-order valence-electron chi connectivity index (χ1n) is 11.7. The van der Waals surface area contributed by atoms with Crippen LogP contribution in [0.4, 0.5) is 5.95 Å². The molecule has 5 aromatic rings. The second kappa shape index (κ2) is 9.71. The molecule has 5 rings (SSSR count). The SMILES string of the molecule is CC(C)Nc1ncc(-c2ccc3cc(Oc4ccnc(-c5cnn(S(C)(=O)=O)c5)c4)ccc3n2)c(=O)n1C. The lowest BCUT2D eigenvalue weighted by molar-refractivity contribution is 0.483. The highest BCUT2D eigenvalue weighted by molar-refractivity contribution is 7.89. The lowest BCUT2D eigenvalue weighted by Gasteiger charge is -2.13. The van der Waals surface area contributed by atoms with Crippen LogP contribution in [0.15, 0.2) is 72.0 Å². The molecule has 0 aliphatic rings. The molecule has 0 bridgehead atoms. The van der Waals surface area contributed by atoms with Gasteiger partial charge in [-0.15, -0.1) is 0 Å². The molecule has 0 unspecified atom stereocenters. The van der Waals surface area contributed by atoms with E-state index in [2.05, 4.69) is 25.4 Å². The van der Waals surface area contributed by atoms with E-state index in [-0.39, 0.29) is 11.6 Å². The summed E-state index contributed by atoms with van der Waals surface area (Å²) in [5.41, 5.74) is 2.52. The Morgan fingerprint density at radius 2 is 1.76 bits per heavy atom. The van der Waals surface area contributed by atoms with Crippen molar-refractivity contribution in [2.75, 3.05) is 11.6 Å². The number of rotatable bonds is 7. The van der Waals surface area contributed by atoms with Crippen molar-refractivity contribution in [2.45, 2.75) is 19.9 Å². The van der Waals surface area contributed by atoms with E-state index in [0.717, 1.165) is 15.7 Å². The summed E-state index contributed by atoms with van der Waals surface area (Å²) in [4.78, 5) is 26.3. The average molecular weight is 532 g/mol. The Balaban J connectivity index is 1.40. The van der Waals surface area contributed by atoms with Gasteiger partial charge in [0.2, 0.25) is 5.95 Å². The van der Waals surface area contributed by atoms with Gasteiger partial charge in [-0.05, 0) is 44.2 Å². The summed E-state index contributed by atoms with van der Waals surface area (Å²) in [5.74, 6) is 1.60. The van der Waals surface area contributed by atoms with Crippen LogP contribution in [0.25, 0.3) is 33.4 Å². The maximum absolute atomic E-state index is 12.9. The van der Waals surface area contributed by atoms with E-state index in [4.69, 9.17) is 4.74 Å². The van der Waals surface area contributed by atoms with Crippen molar-refractivity contribution in [3.05, 3.63) is 77.6 Å². The molecule has 1 N–H and O–H groups in total. The fraction of sp³-hybridized carbons (Fsp3) is 0.192. The summed E-state index contributed by atoms with van der Waals surface area (Å²) in [7, 11) is -1.81. The van der Waals surface area contributed by atoms with E-state index in [9.17, 15) is 13.2 Å². The standard InChI is InChI=1S/C26H25N7O4S/c1-16(2)30-26-28-14-21(25(34)32(26)3)23-7-5-17-11-19(6-8-22(17)31-23)37-20-9-10-27-24(12-20)18-13-29-33(15-18)38(4,35)36/h5-16H,1-4H3,(H,28,30). The van der Waals surface area contributed by atoms with E-state index < -0.39 is 10.0 Å². The molecule has 0 amide bonds. The Bertz CT molecular complexity index is 1830. The lowest BCUT2D eigenvalue weighted by atomic mass is 10.1. The number of hydrogen-bond acceptors (Lipinski definition) is 9. The van der Waals surface area contributed by atoms with Crippen molar-refractivity contribution in [3.63, 3.8) is 0 Å². The molecule has 194 valence electrons. The van der Waals surface area contributed by atoms with E-state index >= 15 is 0 Å². The van der Waals surface area contributed by atoms with Crippen molar-refractivity contribution < 1.29 is 13.2 Å². The van der Waals surface area contributed by atoms with Crippen LogP contribution in [0.1, 0.15) is 13.8 Å². The van der Waals surface area contributed by atoms with Crippen LogP contribution in [-0.4, -0.2) is 49.4 Å². The van der Waals surface area contributed by atoms with Gasteiger partial charge in [0.1, 0.15) is 11.5 Å². The third kappa shape index (κ3) is 5.11. The molecule has 0 saturated carbocycles. The minimum absolute atomic E-state index is 0.145. The van der Waals surface area contributed by atoms with Crippen molar-refractivity contribution in [3.8, 4) is 34.0 Å². The van der Waals surface area contributed by atoms with Crippen LogP contribution in [0, 0.1) is 0 Å². The molecule has 0 fully saturated rings. The summed E-state index contributed by atoms with van der Waals surface area (Å²) in [6.07, 6.45) is 7.03. The molecular formula is C26H25N7O4S. The van der Waals surface area contributed by atoms with Crippen LogP contribution >= 0.6 is 0 Å². The predicted molar refractivity (Wildman–Crippen MR) is 145 cm³/mol. The Morgan fingerprint density at radius 3 is 2.50 bits per heavy atom. The molecule has 0 aliphatic carbocycles. The van der Waals surface area contributed by atoms with Gasteiger partial charge in [-0.1, -0.05) is 6.07 Å². The third-order valence-electron chi connectivity index (χ3n) is 5.69. The van der Waals surface area contributed by atoms with Crippen LogP contribution in [0.5, 0.6) is 11.5 Å². The fourth-order valence-electron chi connectivity index (χ4n) is 3.82. The number of hydrogen-bond donors (Lipinski definition) is 1. The number of anilines is 1. The molecule has 0 atom stereocenters. The van der Waals surface area contributed by atoms with Crippen molar-refractivity contribution in [2.24, 2.45) is 7.05 Å². The van der Waals surface area contributed by atoms with E-state index in [1.54, 1.807) is 43.7 Å². The van der Waals surface area contributed by atoms with Gasteiger partial charge >= 0.3 is 0 Å². The molecule has 0 saturated heterocycles. The highest BCUT2D eigenvalue weighted by Gasteiger charge is 2.13. The number of pyridine rings is 2. The monoisotopic (exact) mass is 531 g/mol. The molecule has 1 aromatic carbocycles. The maximum Gasteiger partial charge on any atom is 0.264 e. The first kappa shape index (κ1) is 25.1. The normalized spacial score (nSPS) is 11.7. The molecular weight excluding hydrogens is 506 g/mol. The molecule has 0 spiro atoms. The molecule has 4 aromatic heterocycles. The Kier molecular flexibility index (Phi) is 6.41. The number of aromatic nitrogens is 6. The van der Waals surface area contributed by atoms with Crippen molar-refractivity contribution in [1.82, 2.24) is 28.7 Å². The number of ether oxygens (including phenoxy) is 1. The zero-order chi connectivity index (χ0) is 27.0. The minimum Gasteiger partial charge on any atom is -0.457 e.